The van der Waals surface area contributed by atoms with Gasteiger partial charge in [-0.3, -0.25) is 0 Å². The second kappa shape index (κ2) is 4.33. The molecule has 0 bridgehead atoms. The zero-order valence-corrected chi connectivity index (χ0v) is 9.67. The van der Waals surface area contributed by atoms with E-state index in [1.165, 1.54) is 0 Å². The lowest BCUT2D eigenvalue weighted by atomic mass is 10.2. The summed E-state index contributed by atoms with van der Waals surface area (Å²) in [5.41, 5.74) is 8.52. The number of nitrogens with two attached hydrogens (primary N) is 1. The van der Waals surface area contributed by atoms with Crippen molar-refractivity contribution >= 4 is 5.82 Å². The third-order valence-electron chi connectivity index (χ3n) is 2.65. The van der Waals surface area contributed by atoms with Crippen molar-refractivity contribution in [3.63, 3.8) is 0 Å². The number of nitrogen functional groups attached to an aromatic ring is 1. The summed E-state index contributed by atoms with van der Waals surface area (Å²) in [6.07, 6.45) is 1.86. The Bertz CT molecular complexity index is 645. The van der Waals surface area contributed by atoms with Gasteiger partial charge in [-0.05, 0) is 12.1 Å². The first-order valence-corrected chi connectivity index (χ1v) is 5.67. The number of hydrogen-bond donors (Lipinski definition) is 2. The maximum atomic E-state index is 5.84. The van der Waals surface area contributed by atoms with Crippen molar-refractivity contribution in [2.75, 3.05) is 5.73 Å². The summed E-state index contributed by atoms with van der Waals surface area (Å²) in [6, 6.07) is 15.4. The highest BCUT2D eigenvalue weighted by molar-refractivity contribution is 5.64. The standard InChI is InChI=1S/C14H12N4/c15-13-9-12(11-7-4-8-16-11)17-14(18-13)10-5-2-1-3-6-10/h1-9,16H,(H2,15,17,18). The van der Waals surface area contributed by atoms with Crippen LogP contribution in [0.3, 0.4) is 0 Å². The molecule has 88 valence electrons. The summed E-state index contributed by atoms with van der Waals surface area (Å²) in [4.78, 5) is 11.9. The third kappa shape index (κ3) is 1.96. The largest absolute Gasteiger partial charge is 0.384 e. The second-order valence-corrected chi connectivity index (χ2v) is 3.95. The van der Waals surface area contributed by atoms with Gasteiger partial charge >= 0.3 is 0 Å². The van der Waals surface area contributed by atoms with E-state index in [-0.39, 0.29) is 0 Å². The van der Waals surface area contributed by atoms with E-state index in [1.54, 1.807) is 6.07 Å². The molecule has 0 radical (unpaired) electrons. The van der Waals surface area contributed by atoms with Crippen LogP contribution in [0.5, 0.6) is 0 Å². The third-order valence-corrected chi connectivity index (χ3v) is 2.65. The molecular weight excluding hydrogens is 224 g/mol. The average Bonchev–Trinajstić information content (AvgIpc) is 2.93. The van der Waals surface area contributed by atoms with Crippen LogP contribution >= 0.6 is 0 Å². The summed E-state index contributed by atoms with van der Waals surface area (Å²) < 4.78 is 0. The Labute approximate surface area is 105 Å². The van der Waals surface area contributed by atoms with Gasteiger partial charge in [-0.2, -0.15) is 0 Å². The van der Waals surface area contributed by atoms with Crippen LogP contribution in [0.25, 0.3) is 22.8 Å². The van der Waals surface area contributed by atoms with Crippen molar-refractivity contribution in [1.29, 1.82) is 0 Å². The fourth-order valence-electron chi connectivity index (χ4n) is 1.81. The number of H-pyrrole nitrogens is 1. The molecule has 0 aliphatic carbocycles. The van der Waals surface area contributed by atoms with Gasteiger partial charge < -0.3 is 10.7 Å². The lowest BCUT2D eigenvalue weighted by Gasteiger charge is -2.04. The smallest absolute Gasteiger partial charge is 0.162 e. The van der Waals surface area contributed by atoms with E-state index in [4.69, 9.17) is 5.73 Å². The van der Waals surface area contributed by atoms with Crippen LogP contribution in [0.1, 0.15) is 0 Å². The Morgan fingerprint density at radius 1 is 0.944 bits per heavy atom. The van der Waals surface area contributed by atoms with Gasteiger partial charge in [-0.1, -0.05) is 30.3 Å². The number of benzene rings is 1. The van der Waals surface area contributed by atoms with E-state index in [2.05, 4.69) is 15.0 Å². The molecule has 0 fully saturated rings. The zero-order valence-electron chi connectivity index (χ0n) is 9.67. The summed E-state index contributed by atoms with van der Waals surface area (Å²) in [5, 5.41) is 0. The minimum Gasteiger partial charge on any atom is -0.384 e. The van der Waals surface area contributed by atoms with Gasteiger partial charge in [-0.25, -0.2) is 9.97 Å². The van der Waals surface area contributed by atoms with Crippen LogP contribution in [0.2, 0.25) is 0 Å². The van der Waals surface area contributed by atoms with Crippen LogP contribution in [0.15, 0.2) is 54.7 Å². The van der Waals surface area contributed by atoms with Gasteiger partial charge in [0.15, 0.2) is 5.82 Å². The first-order chi connectivity index (χ1) is 8.83. The molecule has 0 saturated heterocycles. The number of anilines is 1. The number of nitrogens with one attached hydrogen (secondary N) is 1. The van der Waals surface area contributed by atoms with Crippen LogP contribution in [0, 0.1) is 0 Å². The SMILES string of the molecule is Nc1cc(-c2ccc[nH]2)nc(-c2ccccc2)n1. The number of aromatic nitrogens is 3. The van der Waals surface area contributed by atoms with Gasteiger partial charge in [0.05, 0.1) is 11.4 Å². The molecule has 0 unspecified atom stereocenters. The highest BCUT2D eigenvalue weighted by Crippen LogP contribution is 2.21. The van der Waals surface area contributed by atoms with Crippen molar-refractivity contribution in [2.45, 2.75) is 0 Å². The van der Waals surface area contributed by atoms with E-state index in [1.807, 2.05) is 48.7 Å². The predicted octanol–water partition coefficient (Wildman–Crippen LogP) is 2.72. The summed E-state index contributed by atoms with van der Waals surface area (Å²) >= 11 is 0. The van der Waals surface area contributed by atoms with Crippen LogP contribution in [0.4, 0.5) is 5.82 Å². The molecule has 4 heteroatoms. The van der Waals surface area contributed by atoms with E-state index in [0.29, 0.717) is 11.6 Å². The molecule has 0 aliphatic rings. The molecule has 3 rings (SSSR count). The summed E-state index contributed by atoms with van der Waals surface area (Å²) in [5.74, 6) is 1.11. The van der Waals surface area contributed by atoms with Crippen LogP contribution < -0.4 is 5.73 Å². The maximum Gasteiger partial charge on any atom is 0.162 e. The van der Waals surface area contributed by atoms with Crippen LogP contribution in [-0.2, 0) is 0 Å². The van der Waals surface area contributed by atoms with E-state index >= 15 is 0 Å². The molecule has 0 saturated carbocycles. The lowest BCUT2D eigenvalue weighted by molar-refractivity contribution is 1.17. The van der Waals surface area contributed by atoms with E-state index < -0.39 is 0 Å². The second-order valence-electron chi connectivity index (χ2n) is 3.95. The fourth-order valence-corrected chi connectivity index (χ4v) is 1.81. The number of nitrogens with zero attached hydrogens (tertiary/aromatic N) is 2. The molecule has 0 spiro atoms. The number of aromatic amines is 1. The molecule has 0 aliphatic heterocycles. The Hall–Kier alpha value is -2.62. The Morgan fingerprint density at radius 2 is 1.78 bits per heavy atom. The van der Waals surface area contributed by atoms with Gasteiger partial charge in [0.2, 0.25) is 0 Å². The van der Waals surface area contributed by atoms with E-state index in [0.717, 1.165) is 17.0 Å². The molecule has 3 aromatic rings. The van der Waals surface area contributed by atoms with Crippen molar-refractivity contribution in [1.82, 2.24) is 15.0 Å². The van der Waals surface area contributed by atoms with E-state index in [9.17, 15) is 0 Å². The van der Waals surface area contributed by atoms with Crippen LogP contribution in [-0.4, -0.2) is 15.0 Å². The van der Waals surface area contributed by atoms with Gasteiger partial charge in [0.25, 0.3) is 0 Å². The van der Waals surface area contributed by atoms with Crippen molar-refractivity contribution in [3.8, 4) is 22.8 Å². The quantitative estimate of drug-likeness (QED) is 0.718. The normalized spacial score (nSPS) is 10.4. The average molecular weight is 236 g/mol. The first kappa shape index (κ1) is 10.5. The highest BCUT2D eigenvalue weighted by Gasteiger charge is 2.07. The first-order valence-electron chi connectivity index (χ1n) is 5.67. The Morgan fingerprint density at radius 3 is 2.50 bits per heavy atom. The minimum atomic E-state index is 0.466. The molecule has 4 nitrogen and oxygen atoms in total. The van der Waals surface area contributed by atoms with Crippen molar-refractivity contribution < 1.29 is 0 Å². The minimum absolute atomic E-state index is 0.466. The van der Waals surface area contributed by atoms with Crippen molar-refractivity contribution in [3.05, 3.63) is 54.7 Å². The Kier molecular flexibility index (Phi) is 2.53. The Balaban J connectivity index is 2.12. The number of rotatable bonds is 2. The molecule has 0 amide bonds. The number of hydrogen-bond acceptors (Lipinski definition) is 3. The van der Waals surface area contributed by atoms with Crippen molar-refractivity contribution in [2.24, 2.45) is 0 Å². The maximum absolute atomic E-state index is 5.84. The summed E-state index contributed by atoms with van der Waals surface area (Å²) in [7, 11) is 0. The predicted molar refractivity (Wildman–Crippen MR) is 71.7 cm³/mol. The summed E-state index contributed by atoms with van der Waals surface area (Å²) in [6.45, 7) is 0. The molecule has 2 heterocycles. The molecule has 3 N–H and O–H groups in total. The fraction of sp³-hybridized carbons (Fsp3) is 0. The topological polar surface area (TPSA) is 67.6 Å². The molecule has 2 aromatic heterocycles. The molecule has 0 atom stereocenters. The van der Waals surface area contributed by atoms with Gasteiger partial charge in [-0.15, -0.1) is 0 Å². The lowest BCUT2D eigenvalue weighted by Crippen LogP contribution is -1.97. The zero-order chi connectivity index (χ0) is 12.4. The monoisotopic (exact) mass is 236 g/mol. The van der Waals surface area contributed by atoms with Gasteiger partial charge in [0, 0.05) is 17.8 Å². The highest BCUT2D eigenvalue weighted by atomic mass is 15.0. The molecular formula is C14H12N4. The van der Waals surface area contributed by atoms with Gasteiger partial charge in [0.1, 0.15) is 5.82 Å². The molecule has 1 aromatic carbocycles. The molecule has 18 heavy (non-hydrogen) atoms.